The molecule has 7 heteroatoms. The number of hydrogen-bond donors (Lipinski definition) is 0. The first-order valence-electron chi connectivity index (χ1n) is 7.23. The van der Waals surface area contributed by atoms with Crippen LogP contribution in [0.3, 0.4) is 0 Å². The fourth-order valence-corrected chi connectivity index (χ4v) is 2.66. The van der Waals surface area contributed by atoms with E-state index in [1.807, 2.05) is 56.9 Å². The smallest absolute Gasteiger partial charge is 0.246 e. The molecule has 0 fully saturated rings. The zero-order valence-corrected chi connectivity index (χ0v) is 14.8. The van der Waals surface area contributed by atoms with Gasteiger partial charge in [0.1, 0.15) is 6.54 Å². The molecular formula is C15H20BrN5O. The number of benzene rings is 1. The fourth-order valence-electron chi connectivity index (χ4n) is 2.40. The van der Waals surface area contributed by atoms with Gasteiger partial charge in [0.25, 0.3) is 0 Å². The van der Waals surface area contributed by atoms with E-state index in [0.717, 1.165) is 10.0 Å². The van der Waals surface area contributed by atoms with Crippen LogP contribution in [0.5, 0.6) is 0 Å². The molecule has 1 aromatic heterocycles. The van der Waals surface area contributed by atoms with E-state index in [0.29, 0.717) is 5.82 Å². The second kappa shape index (κ2) is 7.00. The van der Waals surface area contributed by atoms with E-state index in [2.05, 4.69) is 31.3 Å². The Morgan fingerprint density at radius 3 is 2.32 bits per heavy atom. The average Bonchev–Trinajstić information content (AvgIpc) is 2.87. The van der Waals surface area contributed by atoms with E-state index in [4.69, 9.17) is 0 Å². The summed E-state index contributed by atoms with van der Waals surface area (Å²) >= 11 is 3.39. The molecule has 6 nitrogen and oxygen atoms in total. The van der Waals surface area contributed by atoms with Gasteiger partial charge in [0.15, 0.2) is 0 Å². The Kier molecular flexibility index (Phi) is 5.28. The van der Waals surface area contributed by atoms with E-state index >= 15 is 0 Å². The van der Waals surface area contributed by atoms with E-state index in [9.17, 15) is 4.79 Å². The topological polar surface area (TPSA) is 63.9 Å². The van der Waals surface area contributed by atoms with Crippen molar-refractivity contribution >= 4 is 21.8 Å². The summed E-state index contributed by atoms with van der Waals surface area (Å²) < 4.78 is 0.989. The SMILES string of the molecule is CC(C)N(C(=O)Cn1nnc(-c2ccc(Br)cc2)n1)C(C)C. The summed E-state index contributed by atoms with van der Waals surface area (Å²) in [6.07, 6.45) is 0. The molecule has 0 unspecified atom stereocenters. The van der Waals surface area contributed by atoms with Crippen LogP contribution in [0.2, 0.25) is 0 Å². The second-order valence-electron chi connectivity index (χ2n) is 5.64. The third-order valence-electron chi connectivity index (χ3n) is 3.23. The van der Waals surface area contributed by atoms with Crippen LogP contribution >= 0.6 is 15.9 Å². The molecule has 118 valence electrons. The van der Waals surface area contributed by atoms with Gasteiger partial charge in [-0.25, -0.2) is 0 Å². The maximum absolute atomic E-state index is 12.4. The number of halogens is 1. The van der Waals surface area contributed by atoms with Crippen LogP contribution in [0.15, 0.2) is 28.7 Å². The summed E-state index contributed by atoms with van der Waals surface area (Å²) in [5, 5.41) is 12.3. The zero-order chi connectivity index (χ0) is 16.3. The van der Waals surface area contributed by atoms with Gasteiger partial charge in [-0.15, -0.1) is 10.2 Å². The molecule has 0 saturated heterocycles. The fraction of sp³-hybridized carbons (Fsp3) is 0.467. The Labute approximate surface area is 138 Å². The Morgan fingerprint density at radius 2 is 1.77 bits per heavy atom. The normalized spacial score (nSPS) is 11.2. The molecule has 0 aliphatic carbocycles. The molecule has 0 atom stereocenters. The third-order valence-corrected chi connectivity index (χ3v) is 3.76. The maximum Gasteiger partial charge on any atom is 0.246 e. The molecule has 1 aromatic carbocycles. The predicted octanol–water partition coefficient (Wildman–Crippen LogP) is 2.75. The van der Waals surface area contributed by atoms with E-state index in [-0.39, 0.29) is 24.5 Å². The molecule has 0 N–H and O–H groups in total. The van der Waals surface area contributed by atoms with Gasteiger partial charge in [-0.3, -0.25) is 4.79 Å². The van der Waals surface area contributed by atoms with E-state index in [1.165, 1.54) is 4.80 Å². The number of amides is 1. The lowest BCUT2D eigenvalue weighted by Gasteiger charge is -2.30. The summed E-state index contributed by atoms with van der Waals surface area (Å²) in [4.78, 5) is 15.5. The highest BCUT2D eigenvalue weighted by molar-refractivity contribution is 9.10. The molecule has 0 aliphatic rings. The third kappa shape index (κ3) is 3.91. The zero-order valence-electron chi connectivity index (χ0n) is 13.2. The van der Waals surface area contributed by atoms with Crippen LogP contribution < -0.4 is 0 Å². The number of carbonyl (C=O) groups is 1. The molecule has 0 saturated carbocycles. The first-order valence-corrected chi connectivity index (χ1v) is 8.02. The first kappa shape index (κ1) is 16.6. The van der Waals surface area contributed by atoms with Gasteiger partial charge in [0.05, 0.1) is 0 Å². The number of aromatic nitrogens is 4. The van der Waals surface area contributed by atoms with Crippen LogP contribution in [-0.2, 0) is 11.3 Å². The highest BCUT2D eigenvalue weighted by atomic mass is 79.9. The first-order chi connectivity index (χ1) is 10.4. The van der Waals surface area contributed by atoms with Crippen molar-refractivity contribution in [1.82, 2.24) is 25.1 Å². The minimum atomic E-state index is -0.00949. The molecule has 0 aliphatic heterocycles. The number of nitrogens with zero attached hydrogens (tertiary/aromatic N) is 5. The Bertz CT molecular complexity index is 628. The average molecular weight is 366 g/mol. The van der Waals surface area contributed by atoms with E-state index in [1.54, 1.807) is 0 Å². The Morgan fingerprint density at radius 1 is 1.18 bits per heavy atom. The van der Waals surface area contributed by atoms with Crippen molar-refractivity contribution in [3.63, 3.8) is 0 Å². The molecule has 0 bridgehead atoms. The molecule has 1 heterocycles. The summed E-state index contributed by atoms with van der Waals surface area (Å²) in [6, 6.07) is 7.92. The molecule has 0 radical (unpaired) electrons. The van der Waals surface area contributed by atoms with E-state index < -0.39 is 0 Å². The Balaban J connectivity index is 2.12. The summed E-state index contributed by atoms with van der Waals surface area (Å²) in [5.74, 6) is 0.505. The van der Waals surface area contributed by atoms with Crippen molar-refractivity contribution in [2.24, 2.45) is 0 Å². The van der Waals surface area contributed by atoms with Crippen LogP contribution in [-0.4, -0.2) is 43.1 Å². The van der Waals surface area contributed by atoms with Gasteiger partial charge in [-0.05, 0) is 57.2 Å². The second-order valence-corrected chi connectivity index (χ2v) is 6.55. The van der Waals surface area contributed by atoms with Gasteiger partial charge in [-0.1, -0.05) is 15.9 Å². The lowest BCUT2D eigenvalue weighted by Crippen LogP contribution is -2.44. The van der Waals surface area contributed by atoms with Crippen molar-refractivity contribution in [3.05, 3.63) is 28.7 Å². The number of hydrogen-bond acceptors (Lipinski definition) is 4. The monoisotopic (exact) mass is 365 g/mol. The van der Waals surface area contributed by atoms with Crippen molar-refractivity contribution in [1.29, 1.82) is 0 Å². The predicted molar refractivity (Wildman–Crippen MR) is 88.1 cm³/mol. The van der Waals surface area contributed by atoms with Gasteiger partial charge < -0.3 is 4.90 Å². The van der Waals surface area contributed by atoms with Crippen molar-refractivity contribution in [3.8, 4) is 11.4 Å². The molecule has 2 rings (SSSR count). The Hall–Kier alpha value is -1.76. The van der Waals surface area contributed by atoms with Crippen LogP contribution in [0.25, 0.3) is 11.4 Å². The van der Waals surface area contributed by atoms with Crippen molar-refractivity contribution < 1.29 is 4.79 Å². The quantitative estimate of drug-likeness (QED) is 0.816. The van der Waals surface area contributed by atoms with Gasteiger partial charge in [0.2, 0.25) is 11.7 Å². The van der Waals surface area contributed by atoms with Crippen LogP contribution in [0.4, 0.5) is 0 Å². The molecule has 0 spiro atoms. The maximum atomic E-state index is 12.4. The molecular weight excluding hydrogens is 346 g/mol. The van der Waals surface area contributed by atoms with Crippen molar-refractivity contribution in [2.75, 3.05) is 0 Å². The molecule has 22 heavy (non-hydrogen) atoms. The van der Waals surface area contributed by atoms with Crippen LogP contribution in [0, 0.1) is 0 Å². The molecule has 1 amide bonds. The van der Waals surface area contributed by atoms with Crippen LogP contribution in [0.1, 0.15) is 27.7 Å². The van der Waals surface area contributed by atoms with Gasteiger partial charge in [0, 0.05) is 22.1 Å². The van der Waals surface area contributed by atoms with Gasteiger partial charge in [-0.2, -0.15) is 4.80 Å². The minimum Gasteiger partial charge on any atom is -0.336 e. The summed E-state index contributed by atoms with van der Waals surface area (Å²) in [5.41, 5.74) is 0.867. The minimum absolute atomic E-state index is 0.00949. The standard InChI is InChI=1S/C15H20BrN5O/c1-10(2)21(11(3)4)14(22)9-20-18-15(17-19-20)12-5-7-13(16)8-6-12/h5-8,10-11H,9H2,1-4H3. The lowest BCUT2D eigenvalue weighted by molar-refractivity contribution is -0.135. The van der Waals surface area contributed by atoms with Crippen molar-refractivity contribution in [2.45, 2.75) is 46.3 Å². The highest BCUT2D eigenvalue weighted by Gasteiger charge is 2.21. The largest absolute Gasteiger partial charge is 0.336 e. The molecule has 2 aromatic rings. The number of rotatable bonds is 5. The summed E-state index contributed by atoms with van der Waals surface area (Å²) in [7, 11) is 0. The number of tetrazole rings is 1. The highest BCUT2D eigenvalue weighted by Crippen LogP contribution is 2.17. The number of carbonyl (C=O) groups excluding carboxylic acids is 1. The van der Waals surface area contributed by atoms with Gasteiger partial charge >= 0.3 is 0 Å². The summed E-state index contributed by atoms with van der Waals surface area (Å²) in [6.45, 7) is 8.10. The lowest BCUT2D eigenvalue weighted by atomic mass is 10.2.